The second kappa shape index (κ2) is 7.40. The number of anilines is 1. The number of rotatable bonds is 5. The first-order valence-electron chi connectivity index (χ1n) is 7.25. The highest BCUT2D eigenvalue weighted by Gasteiger charge is 2.07. The third-order valence-electron chi connectivity index (χ3n) is 3.64. The summed E-state index contributed by atoms with van der Waals surface area (Å²) >= 11 is 3.29. The number of hydrogen-bond acceptors (Lipinski definition) is 2. The highest BCUT2D eigenvalue weighted by molar-refractivity contribution is 9.10. The Labute approximate surface area is 138 Å². The Bertz CT molecular complexity index is 707. The molecule has 1 N–H and O–H groups in total. The van der Waals surface area contributed by atoms with E-state index < -0.39 is 0 Å². The molecule has 0 bridgehead atoms. The van der Waals surface area contributed by atoms with E-state index in [2.05, 4.69) is 35.1 Å². The second-order valence-corrected chi connectivity index (χ2v) is 6.21. The van der Waals surface area contributed by atoms with Crippen LogP contribution in [0.1, 0.15) is 31.7 Å². The van der Waals surface area contributed by atoms with Crippen molar-refractivity contribution in [1.29, 1.82) is 0 Å². The molecule has 2 aromatic rings. The average Bonchev–Trinajstić information content (AvgIpc) is 2.51. The second-order valence-electron chi connectivity index (χ2n) is 5.29. The van der Waals surface area contributed by atoms with E-state index in [1.807, 2.05) is 24.3 Å². The number of benzene rings is 1. The van der Waals surface area contributed by atoms with Gasteiger partial charge in [0.1, 0.15) is 6.54 Å². The van der Waals surface area contributed by atoms with Gasteiger partial charge in [-0.15, -0.1) is 0 Å². The Morgan fingerprint density at radius 2 is 1.91 bits per heavy atom. The van der Waals surface area contributed by atoms with E-state index in [0.717, 1.165) is 16.6 Å². The molecule has 1 heterocycles. The average molecular weight is 363 g/mol. The molecule has 0 radical (unpaired) electrons. The molecule has 0 saturated heterocycles. The minimum Gasteiger partial charge on any atom is -0.325 e. The molecule has 4 nitrogen and oxygen atoms in total. The fourth-order valence-electron chi connectivity index (χ4n) is 2.11. The van der Waals surface area contributed by atoms with Crippen molar-refractivity contribution < 1.29 is 4.79 Å². The monoisotopic (exact) mass is 362 g/mol. The lowest BCUT2D eigenvalue weighted by atomic mass is 9.99. The number of carbonyl (C=O) groups is 1. The van der Waals surface area contributed by atoms with Gasteiger partial charge < -0.3 is 9.88 Å². The lowest BCUT2D eigenvalue weighted by molar-refractivity contribution is -0.116. The van der Waals surface area contributed by atoms with Crippen molar-refractivity contribution in [2.45, 2.75) is 32.7 Å². The minimum absolute atomic E-state index is 0.00854. The van der Waals surface area contributed by atoms with Gasteiger partial charge in [0.15, 0.2) is 0 Å². The maximum atomic E-state index is 12.0. The SMILES string of the molecule is CCC(C)c1ccc(NC(=O)Cn2cc(Br)ccc2=O)cc1. The van der Waals surface area contributed by atoms with Crippen molar-refractivity contribution in [2.75, 3.05) is 5.32 Å². The summed E-state index contributed by atoms with van der Waals surface area (Å²) in [6.45, 7) is 4.31. The summed E-state index contributed by atoms with van der Waals surface area (Å²) in [5, 5.41) is 2.81. The predicted octanol–water partition coefficient (Wildman–Crippen LogP) is 3.76. The molecule has 0 fully saturated rings. The van der Waals surface area contributed by atoms with Crippen LogP contribution in [0.15, 0.2) is 51.9 Å². The zero-order valence-corrected chi connectivity index (χ0v) is 14.3. The van der Waals surface area contributed by atoms with Gasteiger partial charge in [0.2, 0.25) is 5.91 Å². The van der Waals surface area contributed by atoms with Gasteiger partial charge in [-0.2, -0.15) is 0 Å². The molecule has 2 rings (SSSR count). The Morgan fingerprint density at radius 3 is 2.55 bits per heavy atom. The highest BCUT2D eigenvalue weighted by atomic mass is 79.9. The van der Waals surface area contributed by atoms with Crippen LogP contribution in [0.25, 0.3) is 0 Å². The van der Waals surface area contributed by atoms with Crippen molar-refractivity contribution in [3.8, 4) is 0 Å². The van der Waals surface area contributed by atoms with Gasteiger partial charge in [-0.1, -0.05) is 26.0 Å². The van der Waals surface area contributed by atoms with Gasteiger partial charge in [-0.05, 0) is 52.0 Å². The van der Waals surface area contributed by atoms with Gasteiger partial charge in [-0.25, -0.2) is 0 Å². The van der Waals surface area contributed by atoms with Gasteiger partial charge in [-0.3, -0.25) is 9.59 Å². The fraction of sp³-hybridized carbons (Fsp3) is 0.294. The largest absolute Gasteiger partial charge is 0.325 e. The molecule has 116 valence electrons. The smallest absolute Gasteiger partial charge is 0.251 e. The first-order valence-corrected chi connectivity index (χ1v) is 8.04. The standard InChI is InChI=1S/C17H19BrN2O2/c1-3-12(2)13-4-7-15(8-5-13)19-16(21)11-20-10-14(18)6-9-17(20)22/h4-10,12H,3,11H2,1-2H3,(H,19,21). The number of pyridine rings is 1. The highest BCUT2D eigenvalue weighted by Crippen LogP contribution is 2.20. The van der Waals surface area contributed by atoms with E-state index in [1.54, 1.807) is 12.3 Å². The van der Waals surface area contributed by atoms with Crippen LogP contribution in [0.5, 0.6) is 0 Å². The van der Waals surface area contributed by atoms with E-state index >= 15 is 0 Å². The lowest BCUT2D eigenvalue weighted by Crippen LogP contribution is -2.26. The molecule has 0 aliphatic rings. The zero-order chi connectivity index (χ0) is 16.1. The van der Waals surface area contributed by atoms with Crippen molar-refractivity contribution in [3.63, 3.8) is 0 Å². The van der Waals surface area contributed by atoms with Crippen LogP contribution in [0.2, 0.25) is 0 Å². The van der Waals surface area contributed by atoms with Crippen LogP contribution in [0.3, 0.4) is 0 Å². The van der Waals surface area contributed by atoms with Crippen LogP contribution in [-0.2, 0) is 11.3 Å². The Balaban J connectivity index is 2.03. The normalized spacial score (nSPS) is 12.0. The molecular weight excluding hydrogens is 344 g/mol. The molecule has 1 unspecified atom stereocenters. The van der Waals surface area contributed by atoms with Gasteiger partial charge in [0.25, 0.3) is 5.56 Å². The number of hydrogen-bond donors (Lipinski definition) is 1. The van der Waals surface area contributed by atoms with Gasteiger partial charge >= 0.3 is 0 Å². The van der Waals surface area contributed by atoms with Crippen LogP contribution in [-0.4, -0.2) is 10.5 Å². The third-order valence-corrected chi connectivity index (χ3v) is 4.11. The summed E-state index contributed by atoms with van der Waals surface area (Å²) in [5.74, 6) is 0.279. The first-order chi connectivity index (χ1) is 10.5. The van der Waals surface area contributed by atoms with Gasteiger partial charge in [0, 0.05) is 22.4 Å². The molecule has 0 aliphatic carbocycles. The van der Waals surface area contributed by atoms with E-state index in [-0.39, 0.29) is 18.0 Å². The van der Waals surface area contributed by atoms with E-state index in [1.165, 1.54) is 16.2 Å². The van der Waals surface area contributed by atoms with E-state index in [9.17, 15) is 9.59 Å². The Kier molecular flexibility index (Phi) is 5.55. The Hall–Kier alpha value is -1.88. The first kappa shape index (κ1) is 16.5. The molecular formula is C17H19BrN2O2. The van der Waals surface area contributed by atoms with Crippen molar-refractivity contribution >= 4 is 27.5 Å². The maximum absolute atomic E-state index is 12.0. The Morgan fingerprint density at radius 1 is 1.23 bits per heavy atom. The molecule has 0 spiro atoms. The maximum Gasteiger partial charge on any atom is 0.251 e. The lowest BCUT2D eigenvalue weighted by Gasteiger charge is -2.11. The van der Waals surface area contributed by atoms with Crippen LogP contribution in [0.4, 0.5) is 5.69 Å². The predicted molar refractivity (Wildman–Crippen MR) is 92.2 cm³/mol. The summed E-state index contributed by atoms with van der Waals surface area (Å²) < 4.78 is 2.13. The quantitative estimate of drug-likeness (QED) is 0.879. The number of amides is 1. The van der Waals surface area contributed by atoms with Crippen LogP contribution < -0.4 is 10.9 Å². The molecule has 1 aromatic heterocycles. The summed E-state index contributed by atoms with van der Waals surface area (Å²) in [4.78, 5) is 23.7. The van der Waals surface area contributed by atoms with Gasteiger partial charge in [0.05, 0.1) is 0 Å². The summed E-state index contributed by atoms with van der Waals surface area (Å²) in [7, 11) is 0. The summed E-state index contributed by atoms with van der Waals surface area (Å²) in [5.41, 5.74) is 1.79. The summed E-state index contributed by atoms with van der Waals surface area (Å²) in [6.07, 6.45) is 2.69. The fourth-order valence-corrected chi connectivity index (χ4v) is 2.49. The number of nitrogens with zero attached hydrogens (tertiary/aromatic N) is 1. The molecule has 0 aliphatic heterocycles. The van der Waals surface area contributed by atoms with Crippen molar-refractivity contribution in [1.82, 2.24) is 4.57 Å². The number of aromatic nitrogens is 1. The molecule has 1 aromatic carbocycles. The molecule has 22 heavy (non-hydrogen) atoms. The molecule has 1 amide bonds. The summed E-state index contributed by atoms with van der Waals surface area (Å²) in [6, 6.07) is 10.9. The molecule has 1 atom stereocenters. The third kappa shape index (κ3) is 4.31. The number of carbonyl (C=O) groups excluding carboxylic acids is 1. The molecule has 0 saturated carbocycles. The number of nitrogens with one attached hydrogen (secondary N) is 1. The molecule has 5 heteroatoms. The number of halogens is 1. The van der Waals surface area contributed by atoms with E-state index in [0.29, 0.717) is 5.92 Å². The van der Waals surface area contributed by atoms with Crippen molar-refractivity contribution in [2.24, 2.45) is 0 Å². The van der Waals surface area contributed by atoms with Crippen molar-refractivity contribution in [3.05, 3.63) is 63.0 Å². The minimum atomic E-state index is -0.225. The van der Waals surface area contributed by atoms with E-state index in [4.69, 9.17) is 0 Å². The zero-order valence-electron chi connectivity index (χ0n) is 12.7. The topological polar surface area (TPSA) is 51.1 Å². The van der Waals surface area contributed by atoms with Crippen LogP contribution >= 0.6 is 15.9 Å². The van der Waals surface area contributed by atoms with Crippen LogP contribution in [0, 0.1) is 0 Å².